The summed E-state index contributed by atoms with van der Waals surface area (Å²) in [6, 6.07) is 7.25. The van der Waals surface area contributed by atoms with Gasteiger partial charge in [0.2, 0.25) is 11.8 Å². The van der Waals surface area contributed by atoms with Gasteiger partial charge in [-0.05, 0) is 43.9 Å². The number of anilines is 1. The Morgan fingerprint density at radius 1 is 1.00 bits per heavy atom. The molecule has 0 unspecified atom stereocenters. The van der Waals surface area contributed by atoms with E-state index in [1.54, 1.807) is 24.3 Å². The Morgan fingerprint density at radius 3 is 2.26 bits per heavy atom. The Labute approximate surface area is 160 Å². The van der Waals surface area contributed by atoms with Crippen LogP contribution in [0, 0.1) is 11.8 Å². The van der Waals surface area contributed by atoms with E-state index in [0.29, 0.717) is 24.1 Å². The van der Waals surface area contributed by atoms with Crippen molar-refractivity contribution in [2.45, 2.75) is 51.0 Å². The lowest BCUT2D eigenvalue weighted by Gasteiger charge is -2.31. The van der Waals surface area contributed by atoms with Gasteiger partial charge in [0, 0.05) is 18.7 Å². The Balaban J connectivity index is 1.56. The summed E-state index contributed by atoms with van der Waals surface area (Å²) >= 11 is 0. The average Bonchev–Trinajstić information content (AvgIpc) is 2.98. The van der Waals surface area contributed by atoms with Crippen molar-refractivity contribution in [1.29, 1.82) is 0 Å². The predicted octanol–water partition coefficient (Wildman–Crippen LogP) is 3.55. The first-order chi connectivity index (χ1) is 13.1. The number of hydrogen-bond acceptors (Lipinski definition) is 3. The van der Waals surface area contributed by atoms with E-state index in [1.165, 1.54) is 11.3 Å². The van der Waals surface area contributed by atoms with Crippen LogP contribution in [-0.2, 0) is 9.59 Å². The van der Waals surface area contributed by atoms with Crippen molar-refractivity contribution in [2.75, 3.05) is 11.9 Å². The summed E-state index contributed by atoms with van der Waals surface area (Å²) in [5.41, 5.74) is 1.05. The lowest BCUT2D eigenvalue weighted by atomic mass is 9.85. The summed E-state index contributed by atoms with van der Waals surface area (Å²) in [5.74, 6) is -0.834. The summed E-state index contributed by atoms with van der Waals surface area (Å²) in [4.78, 5) is 41.7. The van der Waals surface area contributed by atoms with Crippen LogP contribution in [0.15, 0.2) is 36.4 Å². The second-order valence-corrected chi connectivity index (χ2v) is 7.93. The van der Waals surface area contributed by atoms with Crippen molar-refractivity contribution in [3.63, 3.8) is 0 Å². The Morgan fingerprint density at radius 2 is 1.63 bits per heavy atom. The summed E-state index contributed by atoms with van der Waals surface area (Å²) in [6.45, 7) is 0. The van der Waals surface area contributed by atoms with E-state index in [1.807, 2.05) is 24.1 Å². The fourth-order valence-corrected chi connectivity index (χ4v) is 4.67. The number of hydrogen-bond donors (Lipinski definition) is 0. The zero-order chi connectivity index (χ0) is 19.0. The second-order valence-electron chi connectivity index (χ2n) is 7.93. The van der Waals surface area contributed by atoms with Gasteiger partial charge in [-0.1, -0.05) is 37.5 Å². The first-order valence-electron chi connectivity index (χ1n) is 9.98. The highest BCUT2D eigenvalue weighted by Crippen LogP contribution is 2.38. The summed E-state index contributed by atoms with van der Waals surface area (Å²) in [7, 11) is 1.86. The molecule has 0 N–H and O–H groups in total. The molecule has 1 heterocycles. The number of amides is 3. The third-order valence-corrected chi connectivity index (χ3v) is 6.30. The molecule has 0 bridgehead atoms. The van der Waals surface area contributed by atoms with E-state index in [-0.39, 0.29) is 35.6 Å². The number of rotatable bonds is 3. The topological polar surface area (TPSA) is 57.7 Å². The molecule has 0 aromatic heterocycles. The van der Waals surface area contributed by atoms with Crippen LogP contribution in [0.5, 0.6) is 0 Å². The molecule has 1 saturated heterocycles. The summed E-state index contributed by atoms with van der Waals surface area (Å²) in [6.07, 6.45) is 10.9. The van der Waals surface area contributed by atoms with Gasteiger partial charge in [0.1, 0.15) is 0 Å². The van der Waals surface area contributed by atoms with Crippen molar-refractivity contribution in [3.8, 4) is 0 Å². The van der Waals surface area contributed by atoms with E-state index in [2.05, 4.69) is 0 Å². The van der Waals surface area contributed by atoms with Crippen LogP contribution in [0.2, 0.25) is 0 Å². The quantitative estimate of drug-likeness (QED) is 0.607. The molecule has 1 aliphatic heterocycles. The van der Waals surface area contributed by atoms with Crippen molar-refractivity contribution in [2.24, 2.45) is 11.8 Å². The zero-order valence-electron chi connectivity index (χ0n) is 15.8. The van der Waals surface area contributed by atoms with E-state index >= 15 is 0 Å². The summed E-state index contributed by atoms with van der Waals surface area (Å²) in [5, 5.41) is 0. The number of carbonyl (C=O) groups excluding carboxylic acids is 3. The van der Waals surface area contributed by atoms with E-state index in [9.17, 15) is 14.4 Å². The molecule has 2 aliphatic carbocycles. The second kappa shape index (κ2) is 7.29. The van der Waals surface area contributed by atoms with E-state index in [4.69, 9.17) is 0 Å². The van der Waals surface area contributed by atoms with Crippen LogP contribution in [0.25, 0.3) is 0 Å². The van der Waals surface area contributed by atoms with Gasteiger partial charge in [-0.3, -0.25) is 19.3 Å². The number of nitrogens with zero attached hydrogens (tertiary/aromatic N) is 2. The molecule has 5 heteroatoms. The molecule has 4 rings (SSSR count). The minimum atomic E-state index is -0.258. The van der Waals surface area contributed by atoms with Gasteiger partial charge in [-0.25, -0.2) is 0 Å². The van der Waals surface area contributed by atoms with Crippen molar-refractivity contribution in [1.82, 2.24) is 4.90 Å². The molecule has 27 heavy (non-hydrogen) atoms. The predicted molar refractivity (Wildman–Crippen MR) is 103 cm³/mol. The monoisotopic (exact) mass is 366 g/mol. The largest absolute Gasteiger partial charge is 0.339 e. The van der Waals surface area contributed by atoms with Crippen LogP contribution >= 0.6 is 0 Å². The molecule has 3 aliphatic rings. The van der Waals surface area contributed by atoms with Gasteiger partial charge in [0.25, 0.3) is 5.91 Å². The molecule has 3 amide bonds. The summed E-state index contributed by atoms with van der Waals surface area (Å²) < 4.78 is 0. The third-order valence-electron chi connectivity index (χ3n) is 6.30. The van der Waals surface area contributed by atoms with Crippen LogP contribution < -0.4 is 4.90 Å². The highest BCUT2D eigenvalue weighted by Gasteiger charge is 2.47. The molecular formula is C22H26N2O3. The Hall–Kier alpha value is -2.43. The maximum absolute atomic E-state index is 13.0. The molecule has 2 atom stereocenters. The average molecular weight is 366 g/mol. The van der Waals surface area contributed by atoms with Crippen LogP contribution in [0.4, 0.5) is 5.69 Å². The fourth-order valence-electron chi connectivity index (χ4n) is 4.67. The molecule has 2 fully saturated rings. The van der Waals surface area contributed by atoms with Gasteiger partial charge >= 0.3 is 0 Å². The molecule has 5 nitrogen and oxygen atoms in total. The van der Waals surface area contributed by atoms with E-state index in [0.717, 1.165) is 25.7 Å². The number of carbonyl (C=O) groups is 3. The number of fused-ring (bicyclic) bond motifs is 1. The number of allylic oxidation sites excluding steroid dienone is 2. The Kier molecular flexibility index (Phi) is 4.85. The van der Waals surface area contributed by atoms with Gasteiger partial charge in [-0.2, -0.15) is 0 Å². The van der Waals surface area contributed by atoms with Crippen LogP contribution in [0.3, 0.4) is 0 Å². The van der Waals surface area contributed by atoms with Gasteiger partial charge < -0.3 is 4.90 Å². The highest BCUT2D eigenvalue weighted by molar-refractivity contribution is 6.22. The molecule has 142 valence electrons. The van der Waals surface area contributed by atoms with E-state index < -0.39 is 0 Å². The molecule has 0 spiro atoms. The maximum Gasteiger partial charge on any atom is 0.253 e. The lowest BCUT2D eigenvalue weighted by Crippen LogP contribution is -2.38. The Bertz CT molecular complexity index is 769. The fraction of sp³-hybridized carbons (Fsp3) is 0.500. The minimum absolute atomic E-state index is 0.0399. The maximum atomic E-state index is 13.0. The minimum Gasteiger partial charge on any atom is -0.339 e. The SMILES string of the molecule is CN(C(=O)c1cccc(N2C(=O)[C@H]3CC=CC[C@@H]3C2=O)c1)C1CCCCC1. The smallest absolute Gasteiger partial charge is 0.253 e. The molecule has 1 aromatic carbocycles. The zero-order valence-corrected chi connectivity index (χ0v) is 15.8. The van der Waals surface area contributed by atoms with Gasteiger partial charge in [-0.15, -0.1) is 0 Å². The first-order valence-corrected chi connectivity index (χ1v) is 9.98. The number of imide groups is 1. The van der Waals surface area contributed by atoms with Crippen molar-refractivity contribution >= 4 is 23.4 Å². The highest BCUT2D eigenvalue weighted by atomic mass is 16.2. The molecule has 0 radical (unpaired) electrons. The van der Waals surface area contributed by atoms with Gasteiger partial charge in [0.15, 0.2) is 0 Å². The normalized spacial score (nSPS) is 25.6. The standard InChI is InChI=1S/C22H26N2O3/c1-23(16-9-3-2-4-10-16)20(25)15-8-7-11-17(14-15)24-21(26)18-12-5-6-13-19(18)22(24)27/h5-8,11,14,16,18-19H,2-4,9-10,12-13H2,1H3/t18-,19-/m0/s1. The van der Waals surface area contributed by atoms with Crippen molar-refractivity contribution in [3.05, 3.63) is 42.0 Å². The molecule has 1 aromatic rings. The first kappa shape index (κ1) is 18.0. The van der Waals surface area contributed by atoms with Crippen molar-refractivity contribution < 1.29 is 14.4 Å². The lowest BCUT2D eigenvalue weighted by molar-refractivity contribution is -0.122. The van der Waals surface area contributed by atoms with Gasteiger partial charge in [0.05, 0.1) is 17.5 Å². The molecule has 1 saturated carbocycles. The molecular weight excluding hydrogens is 340 g/mol. The number of benzene rings is 1. The third kappa shape index (κ3) is 3.20. The van der Waals surface area contributed by atoms with Crippen LogP contribution in [-0.4, -0.2) is 35.7 Å². The van der Waals surface area contributed by atoms with Crippen LogP contribution in [0.1, 0.15) is 55.3 Å².